The van der Waals surface area contributed by atoms with Crippen molar-refractivity contribution in [2.24, 2.45) is 0 Å². The van der Waals surface area contributed by atoms with E-state index in [0.717, 1.165) is 16.6 Å². The van der Waals surface area contributed by atoms with Crippen LogP contribution in [-0.2, 0) is 0 Å². The van der Waals surface area contributed by atoms with E-state index in [-0.39, 0.29) is 0 Å². The third-order valence-corrected chi connectivity index (χ3v) is 2.97. The van der Waals surface area contributed by atoms with Crippen LogP contribution < -0.4 is 0 Å². The number of hydrogen-bond acceptors (Lipinski definition) is 1. The van der Waals surface area contributed by atoms with Gasteiger partial charge in [0, 0.05) is 11.1 Å². The summed E-state index contributed by atoms with van der Waals surface area (Å²) in [5.41, 5.74) is 2.95. The zero-order chi connectivity index (χ0) is 12.5. The first kappa shape index (κ1) is 10.6. The van der Waals surface area contributed by atoms with Crippen LogP contribution in [0.15, 0.2) is 54.6 Å². The Hall–Kier alpha value is -2.55. The highest BCUT2D eigenvalue weighted by molar-refractivity contribution is 6.03. The number of nitrogens with one attached hydrogen (secondary N) is 1. The van der Waals surface area contributed by atoms with E-state index in [1.54, 1.807) is 12.1 Å². The van der Waals surface area contributed by atoms with Crippen molar-refractivity contribution >= 4 is 16.9 Å². The number of H-pyrrole nitrogens is 1. The molecule has 3 aromatic rings. The molecule has 1 heterocycles. The van der Waals surface area contributed by atoms with E-state index in [2.05, 4.69) is 4.98 Å². The van der Waals surface area contributed by atoms with Crippen LogP contribution in [0.2, 0.25) is 0 Å². The van der Waals surface area contributed by atoms with Crippen LogP contribution in [0.25, 0.3) is 22.2 Å². The van der Waals surface area contributed by atoms with Crippen LogP contribution in [0.5, 0.6) is 0 Å². The molecular weight excluding hydrogens is 226 g/mol. The first-order chi connectivity index (χ1) is 8.75. The van der Waals surface area contributed by atoms with Gasteiger partial charge in [-0.25, -0.2) is 4.79 Å². The van der Waals surface area contributed by atoms with Crippen molar-refractivity contribution in [2.75, 3.05) is 0 Å². The van der Waals surface area contributed by atoms with Crippen molar-refractivity contribution in [3.05, 3.63) is 60.2 Å². The molecular formula is C15H11NO2. The van der Waals surface area contributed by atoms with Gasteiger partial charge in [-0.2, -0.15) is 0 Å². The Morgan fingerprint density at radius 2 is 1.78 bits per heavy atom. The van der Waals surface area contributed by atoms with E-state index in [4.69, 9.17) is 5.11 Å². The lowest BCUT2D eigenvalue weighted by Crippen LogP contribution is -1.96. The van der Waals surface area contributed by atoms with Gasteiger partial charge >= 0.3 is 5.97 Å². The number of carboxylic acids is 1. The Kier molecular flexibility index (Phi) is 2.38. The summed E-state index contributed by atoms with van der Waals surface area (Å²) < 4.78 is 0. The number of carboxylic acid groups (broad SMARTS) is 1. The summed E-state index contributed by atoms with van der Waals surface area (Å²) >= 11 is 0. The molecule has 0 saturated heterocycles. The first-order valence-electron chi connectivity index (χ1n) is 5.66. The molecule has 18 heavy (non-hydrogen) atoms. The minimum atomic E-state index is -0.915. The summed E-state index contributed by atoms with van der Waals surface area (Å²) in [6.45, 7) is 0. The molecule has 0 aliphatic carbocycles. The second-order valence-corrected chi connectivity index (χ2v) is 4.12. The molecule has 3 rings (SSSR count). The Labute approximate surface area is 104 Å². The standard InChI is InChI=1S/C15H11NO2/c17-15(18)12-8-4-7-11-9-13(16-14(11)12)10-5-2-1-3-6-10/h1-9,16H,(H,17,18). The van der Waals surface area contributed by atoms with Gasteiger partial charge in [0.2, 0.25) is 0 Å². The highest BCUT2D eigenvalue weighted by Crippen LogP contribution is 2.26. The fraction of sp³-hybridized carbons (Fsp3) is 0. The van der Waals surface area contributed by atoms with Crippen LogP contribution in [0, 0.1) is 0 Å². The van der Waals surface area contributed by atoms with Crippen molar-refractivity contribution in [1.29, 1.82) is 0 Å². The lowest BCUT2D eigenvalue weighted by molar-refractivity contribution is 0.0699. The Morgan fingerprint density at radius 3 is 2.50 bits per heavy atom. The summed E-state index contributed by atoms with van der Waals surface area (Å²) in [5.74, 6) is -0.915. The van der Waals surface area contributed by atoms with Gasteiger partial charge in [0.1, 0.15) is 0 Å². The third kappa shape index (κ3) is 1.66. The maximum atomic E-state index is 11.1. The first-order valence-corrected chi connectivity index (χ1v) is 5.66. The number of aromatic amines is 1. The van der Waals surface area contributed by atoms with E-state index in [0.29, 0.717) is 11.1 Å². The molecule has 0 spiro atoms. The highest BCUT2D eigenvalue weighted by atomic mass is 16.4. The molecule has 3 heteroatoms. The molecule has 0 saturated carbocycles. The van der Waals surface area contributed by atoms with Crippen molar-refractivity contribution in [1.82, 2.24) is 4.98 Å². The average Bonchev–Trinajstić information content (AvgIpc) is 2.83. The lowest BCUT2D eigenvalue weighted by Gasteiger charge is -1.97. The van der Waals surface area contributed by atoms with Crippen molar-refractivity contribution in [2.45, 2.75) is 0 Å². The maximum absolute atomic E-state index is 11.1. The maximum Gasteiger partial charge on any atom is 0.337 e. The summed E-state index contributed by atoms with van der Waals surface area (Å²) in [4.78, 5) is 14.3. The minimum Gasteiger partial charge on any atom is -0.478 e. The van der Waals surface area contributed by atoms with Gasteiger partial charge in [-0.3, -0.25) is 0 Å². The molecule has 1 aromatic heterocycles. The van der Waals surface area contributed by atoms with E-state index in [1.165, 1.54) is 0 Å². The van der Waals surface area contributed by atoms with Crippen LogP contribution in [0.3, 0.4) is 0 Å². The third-order valence-electron chi connectivity index (χ3n) is 2.97. The summed E-state index contributed by atoms with van der Waals surface area (Å²) in [5, 5.41) is 10.1. The fourth-order valence-corrected chi connectivity index (χ4v) is 2.11. The van der Waals surface area contributed by atoms with Gasteiger partial charge < -0.3 is 10.1 Å². The predicted molar refractivity (Wildman–Crippen MR) is 70.7 cm³/mol. The highest BCUT2D eigenvalue weighted by Gasteiger charge is 2.11. The van der Waals surface area contributed by atoms with Gasteiger partial charge in [-0.1, -0.05) is 42.5 Å². The van der Waals surface area contributed by atoms with E-state index in [9.17, 15) is 4.79 Å². The molecule has 0 atom stereocenters. The zero-order valence-corrected chi connectivity index (χ0v) is 9.55. The second-order valence-electron chi connectivity index (χ2n) is 4.12. The van der Waals surface area contributed by atoms with E-state index < -0.39 is 5.97 Å². The number of carbonyl (C=O) groups is 1. The number of rotatable bonds is 2. The van der Waals surface area contributed by atoms with Gasteiger partial charge in [0.25, 0.3) is 0 Å². The quantitative estimate of drug-likeness (QED) is 0.716. The second kappa shape index (κ2) is 4.04. The van der Waals surface area contributed by atoms with Crippen LogP contribution in [0.1, 0.15) is 10.4 Å². The largest absolute Gasteiger partial charge is 0.478 e. The number of hydrogen-bond donors (Lipinski definition) is 2. The summed E-state index contributed by atoms with van der Waals surface area (Å²) in [7, 11) is 0. The Bertz CT molecular complexity index is 714. The summed E-state index contributed by atoms with van der Waals surface area (Å²) in [6.07, 6.45) is 0. The van der Waals surface area contributed by atoms with Crippen LogP contribution >= 0.6 is 0 Å². The van der Waals surface area contributed by atoms with Crippen LogP contribution in [0.4, 0.5) is 0 Å². The average molecular weight is 237 g/mol. The van der Waals surface area contributed by atoms with Crippen LogP contribution in [-0.4, -0.2) is 16.1 Å². The molecule has 0 fully saturated rings. The minimum absolute atomic E-state index is 0.301. The number of aromatic nitrogens is 1. The molecule has 0 radical (unpaired) electrons. The molecule has 3 nitrogen and oxygen atoms in total. The predicted octanol–water partition coefficient (Wildman–Crippen LogP) is 3.53. The smallest absolute Gasteiger partial charge is 0.337 e. The van der Waals surface area contributed by atoms with Gasteiger partial charge in [-0.05, 0) is 17.7 Å². The Morgan fingerprint density at radius 1 is 1.00 bits per heavy atom. The molecule has 88 valence electrons. The molecule has 0 bridgehead atoms. The molecule has 0 aliphatic rings. The monoisotopic (exact) mass is 237 g/mol. The number of fused-ring (bicyclic) bond motifs is 1. The SMILES string of the molecule is O=C(O)c1cccc2cc(-c3ccccc3)[nH]c12. The van der Waals surface area contributed by atoms with Gasteiger partial charge in [-0.15, -0.1) is 0 Å². The fourth-order valence-electron chi connectivity index (χ4n) is 2.11. The molecule has 0 unspecified atom stereocenters. The summed E-state index contributed by atoms with van der Waals surface area (Å²) in [6, 6.07) is 17.1. The topological polar surface area (TPSA) is 53.1 Å². The van der Waals surface area contributed by atoms with Gasteiger partial charge in [0.05, 0.1) is 11.1 Å². The Balaban J connectivity index is 2.23. The number of benzene rings is 2. The van der Waals surface area contributed by atoms with E-state index in [1.807, 2.05) is 42.5 Å². The number of aromatic carboxylic acids is 1. The van der Waals surface area contributed by atoms with Gasteiger partial charge in [0.15, 0.2) is 0 Å². The molecule has 2 N–H and O–H groups in total. The zero-order valence-electron chi connectivity index (χ0n) is 9.55. The molecule has 2 aromatic carbocycles. The van der Waals surface area contributed by atoms with Crippen molar-refractivity contribution < 1.29 is 9.90 Å². The van der Waals surface area contributed by atoms with Crippen molar-refractivity contribution in [3.8, 4) is 11.3 Å². The van der Waals surface area contributed by atoms with E-state index >= 15 is 0 Å². The normalized spacial score (nSPS) is 10.7. The number of para-hydroxylation sites is 1. The molecule has 0 aliphatic heterocycles. The lowest BCUT2D eigenvalue weighted by atomic mass is 10.1. The van der Waals surface area contributed by atoms with Crippen molar-refractivity contribution in [3.63, 3.8) is 0 Å². The molecule has 0 amide bonds.